The van der Waals surface area contributed by atoms with Crippen molar-refractivity contribution in [2.75, 3.05) is 13.2 Å². The molecule has 0 aliphatic heterocycles. The van der Waals surface area contributed by atoms with Crippen molar-refractivity contribution in [3.05, 3.63) is 102 Å². The molecule has 0 unspecified atom stereocenters. The van der Waals surface area contributed by atoms with Gasteiger partial charge in [-0.2, -0.15) is 0 Å². The van der Waals surface area contributed by atoms with E-state index in [1.807, 2.05) is 24.3 Å². The number of benzene rings is 4. The highest BCUT2D eigenvalue weighted by Crippen LogP contribution is 2.30. The minimum Gasteiger partial charge on any atom is -0.494 e. The molecule has 4 aromatic carbocycles. The van der Waals surface area contributed by atoms with E-state index < -0.39 is 11.9 Å². The number of unbranched alkanes of at least 4 members (excludes halogenated alkanes) is 2. The van der Waals surface area contributed by atoms with Gasteiger partial charge in [-0.1, -0.05) is 38.8 Å². The average Bonchev–Trinajstić information content (AvgIpc) is 3.46. The molecule has 1 aromatic heterocycles. The molecule has 0 N–H and O–H groups in total. The summed E-state index contributed by atoms with van der Waals surface area (Å²) >= 11 is 0. The molecule has 9 heteroatoms. The van der Waals surface area contributed by atoms with E-state index in [4.69, 9.17) is 18.9 Å². The molecule has 0 bridgehead atoms. The van der Waals surface area contributed by atoms with Gasteiger partial charge in [-0.3, -0.25) is 0 Å². The van der Waals surface area contributed by atoms with Gasteiger partial charge in [0.15, 0.2) is 5.75 Å². The van der Waals surface area contributed by atoms with Gasteiger partial charge in [-0.05, 0) is 85.6 Å². The van der Waals surface area contributed by atoms with Gasteiger partial charge >= 0.3 is 11.9 Å². The van der Waals surface area contributed by atoms with E-state index in [1.54, 1.807) is 60.7 Å². The molecule has 0 fully saturated rings. The predicted molar refractivity (Wildman–Crippen MR) is 162 cm³/mol. The van der Waals surface area contributed by atoms with Crippen LogP contribution in [-0.4, -0.2) is 40.1 Å². The number of hydrogen-bond donors (Lipinski definition) is 0. The number of esters is 2. The van der Waals surface area contributed by atoms with E-state index in [0.717, 1.165) is 25.7 Å². The van der Waals surface area contributed by atoms with Crippen molar-refractivity contribution in [1.82, 2.24) is 15.0 Å². The maximum atomic E-state index is 13.2. The van der Waals surface area contributed by atoms with E-state index in [-0.39, 0.29) is 11.5 Å². The first-order valence-corrected chi connectivity index (χ1v) is 14.4. The number of hydrogen-bond acceptors (Lipinski definition) is 8. The van der Waals surface area contributed by atoms with E-state index in [1.165, 1.54) is 10.9 Å². The summed E-state index contributed by atoms with van der Waals surface area (Å²) in [4.78, 5) is 27.5. The molecule has 0 aliphatic carbocycles. The Morgan fingerprint density at radius 3 is 1.63 bits per heavy atom. The lowest BCUT2D eigenvalue weighted by atomic mass is 10.2. The van der Waals surface area contributed by atoms with Crippen molar-refractivity contribution in [2.45, 2.75) is 39.5 Å². The molecule has 0 spiro atoms. The maximum Gasteiger partial charge on any atom is 0.343 e. The summed E-state index contributed by atoms with van der Waals surface area (Å²) in [5.74, 6) is 0.512. The normalized spacial score (nSPS) is 10.8. The molecular weight excluding hydrogens is 546 g/mol. The monoisotopic (exact) mass is 579 g/mol. The number of carbonyl (C=O) groups is 2. The lowest BCUT2D eigenvalue weighted by Gasteiger charge is -2.12. The predicted octanol–water partition coefficient (Wildman–Crippen LogP) is 7.22. The van der Waals surface area contributed by atoms with Crippen LogP contribution in [0, 0.1) is 0 Å². The Morgan fingerprint density at radius 1 is 0.628 bits per heavy atom. The number of nitrogens with zero attached hydrogens (tertiary/aromatic N) is 3. The van der Waals surface area contributed by atoms with Gasteiger partial charge in [-0.25, -0.2) is 9.59 Å². The second kappa shape index (κ2) is 14.1. The quantitative estimate of drug-likeness (QED) is 0.0819. The topological polar surface area (TPSA) is 102 Å². The zero-order valence-electron chi connectivity index (χ0n) is 24.2. The smallest absolute Gasteiger partial charge is 0.343 e. The van der Waals surface area contributed by atoms with Crippen molar-refractivity contribution < 1.29 is 28.5 Å². The van der Waals surface area contributed by atoms with E-state index in [2.05, 4.69) is 24.0 Å². The first-order chi connectivity index (χ1) is 21.0. The van der Waals surface area contributed by atoms with Gasteiger partial charge in [0.1, 0.15) is 34.0 Å². The zero-order chi connectivity index (χ0) is 30.0. The first kappa shape index (κ1) is 29.3. The van der Waals surface area contributed by atoms with Gasteiger partial charge in [0.05, 0.1) is 24.3 Å². The minimum atomic E-state index is -0.597. The van der Waals surface area contributed by atoms with E-state index >= 15 is 0 Å². The number of rotatable bonds is 13. The lowest BCUT2D eigenvalue weighted by molar-refractivity contribution is 0.0732. The van der Waals surface area contributed by atoms with Crippen LogP contribution in [0.3, 0.4) is 0 Å². The molecule has 9 nitrogen and oxygen atoms in total. The van der Waals surface area contributed by atoms with Gasteiger partial charge < -0.3 is 18.9 Å². The lowest BCUT2D eigenvalue weighted by Crippen LogP contribution is -2.13. The largest absolute Gasteiger partial charge is 0.494 e. The maximum absolute atomic E-state index is 13.2. The molecular formula is C34H33N3O6. The fourth-order valence-electron chi connectivity index (χ4n) is 4.14. The Morgan fingerprint density at radius 2 is 1.12 bits per heavy atom. The molecule has 5 aromatic rings. The molecule has 43 heavy (non-hydrogen) atoms. The van der Waals surface area contributed by atoms with Gasteiger partial charge in [0.2, 0.25) is 0 Å². The summed E-state index contributed by atoms with van der Waals surface area (Å²) in [6, 6.07) is 25.6. The fourth-order valence-corrected chi connectivity index (χ4v) is 4.14. The number of aromatic nitrogens is 3. The Kier molecular flexibility index (Phi) is 9.63. The fraction of sp³-hybridized carbons (Fsp3) is 0.235. The third-order valence-corrected chi connectivity index (χ3v) is 6.56. The number of fused-ring (bicyclic) bond motifs is 1. The summed E-state index contributed by atoms with van der Waals surface area (Å²) in [5, 5.41) is 9.04. The van der Waals surface area contributed by atoms with Crippen molar-refractivity contribution in [2.24, 2.45) is 0 Å². The molecule has 0 saturated carbocycles. The molecule has 0 radical (unpaired) electrons. The summed E-state index contributed by atoms with van der Waals surface area (Å²) < 4.78 is 22.8. The molecule has 0 aliphatic rings. The first-order valence-electron chi connectivity index (χ1n) is 14.4. The van der Waals surface area contributed by atoms with Crippen LogP contribution in [0.15, 0.2) is 91.0 Å². The third-order valence-electron chi connectivity index (χ3n) is 6.56. The standard InChI is InChI=1S/C34H33N3O6/c1-3-5-21-40-26-15-11-24(12-16-26)33(38)42-28-19-20-31(37-35-29-9-7-8-10-30(29)36-37)32(23-28)43-34(39)25-13-17-27(18-14-25)41-22-6-4-2/h7-20,23H,3-6,21-22H2,1-2H3. The van der Waals surface area contributed by atoms with Gasteiger partial charge in [-0.15, -0.1) is 15.0 Å². The van der Waals surface area contributed by atoms with Crippen LogP contribution in [0.2, 0.25) is 0 Å². The highest BCUT2D eigenvalue weighted by Gasteiger charge is 2.18. The molecule has 0 saturated heterocycles. The molecule has 5 rings (SSSR count). The van der Waals surface area contributed by atoms with E-state index in [9.17, 15) is 9.59 Å². The summed E-state index contributed by atoms with van der Waals surface area (Å²) in [7, 11) is 0. The highest BCUT2D eigenvalue weighted by atomic mass is 16.5. The molecule has 220 valence electrons. The van der Waals surface area contributed by atoms with Gasteiger partial charge in [0.25, 0.3) is 0 Å². The summed E-state index contributed by atoms with van der Waals surface area (Å²) in [5.41, 5.74) is 2.44. The van der Waals surface area contributed by atoms with Crippen LogP contribution in [0.1, 0.15) is 60.2 Å². The number of ether oxygens (including phenoxy) is 4. The summed E-state index contributed by atoms with van der Waals surface area (Å²) in [6.07, 6.45) is 3.97. The SMILES string of the molecule is CCCCOc1ccc(C(=O)Oc2ccc(-n3nc4ccccc4n3)c(OC(=O)c3ccc(OCCCC)cc3)c2)cc1. The van der Waals surface area contributed by atoms with Crippen LogP contribution >= 0.6 is 0 Å². The highest BCUT2D eigenvalue weighted by molar-refractivity contribution is 5.92. The molecule has 0 atom stereocenters. The third kappa shape index (κ3) is 7.56. The Bertz CT molecular complexity index is 1650. The Hall–Kier alpha value is -5.18. The van der Waals surface area contributed by atoms with Crippen molar-refractivity contribution >= 4 is 23.0 Å². The van der Waals surface area contributed by atoms with E-state index in [0.29, 0.717) is 52.6 Å². The van der Waals surface area contributed by atoms with Crippen molar-refractivity contribution in [1.29, 1.82) is 0 Å². The molecule has 1 heterocycles. The van der Waals surface area contributed by atoms with Crippen LogP contribution in [0.5, 0.6) is 23.0 Å². The van der Waals surface area contributed by atoms with Crippen LogP contribution in [-0.2, 0) is 0 Å². The number of carbonyl (C=O) groups excluding carboxylic acids is 2. The minimum absolute atomic E-state index is 0.124. The zero-order valence-corrected chi connectivity index (χ0v) is 24.2. The van der Waals surface area contributed by atoms with Crippen LogP contribution in [0.25, 0.3) is 16.7 Å². The summed E-state index contributed by atoms with van der Waals surface area (Å²) in [6.45, 7) is 5.41. The second-order valence-corrected chi connectivity index (χ2v) is 9.84. The van der Waals surface area contributed by atoms with Crippen molar-refractivity contribution in [3.8, 4) is 28.7 Å². The average molecular weight is 580 g/mol. The van der Waals surface area contributed by atoms with Gasteiger partial charge in [0, 0.05) is 6.07 Å². The Labute approximate surface area is 250 Å². The Balaban J connectivity index is 1.37. The second-order valence-electron chi connectivity index (χ2n) is 9.84. The van der Waals surface area contributed by atoms with Crippen LogP contribution in [0.4, 0.5) is 0 Å². The van der Waals surface area contributed by atoms with Crippen LogP contribution < -0.4 is 18.9 Å². The van der Waals surface area contributed by atoms with Crippen molar-refractivity contribution in [3.63, 3.8) is 0 Å². The molecule has 0 amide bonds.